The van der Waals surface area contributed by atoms with Crippen molar-refractivity contribution in [3.8, 4) is 0 Å². The molecule has 1 aromatic heterocycles. The first-order valence-electron chi connectivity index (χ1n) is 10.9. The monoisotopic (exact) mass is 456 g/mol. The van der Waals surface area contributed by atoms with Crippen LogP contribution >= 0.6 is 11.6 Å². The molecule has 4 rings (SSSR count). The standard InChI is InChI=1S/C25H29ClN2O2S/c1-20-13-15-24(16-14-20)31(29,30)28(22-9-3-2-4-10-22)19-23-11-7-17-27(23)18-21-8-5-6-12-25(21)26/h5-8,11-17,22H,2-4,9-10,18-19H2,1H3. The van der Waals surface area contributed by atoms with E-state index in [1.165, 1.54) is 6.42 Å². The molecule has 1 aliphatic carbocycles. The minimum absolute atomic E-state index is 0.0312. The third kappa shape index (κ3) is 5.05. The maximum absolute atomic E-state index is 13.7. The largest absolute Gasteiger partial charge is 0.346 e. The van der Waals surface area contributed by atoms with E-state index in [1.807, 2.05) is 61.7 Å². The first-order chi connectivity index (χ1) is 14.9. The zero-order valence-electron chi connectivity index (χ0n) is 17.9. The van der Waals surface area contributed by atoms with Gasteiger partial charge in [0.25, 0.3) is 0 Å². The van der Waals surface area contributed by atoms with E-state index in [2.05, 4.69) is 4.57 Å². The molecule has 31 heavy (non-hydrogen) atoms. The molecule has 6 heteroatoms. The first-order valence-corrected chi connectivity index (χ1v) is 12.7. The molecule has 2 aromatic carbocycles. The molecule has 0 bridgehead atoms. The van der Waals surface area contributed by atoms with Gasteiger partial charge in [-0.25, -0.2) is 8.42 Å². The van der Waals surface area contributed by atoms with Crippen LogP contribution in [0.5, 0.6) is 0 Å². The summed E-state index contributed by atoms with van der Waals surface area (Å²) in [6.45, 7) is 2.94. The quantitative estimate of drug-likeness (QED) is 0.436. The lowest BCUT2D eigenvalue weighted by Crippen LogP contribution is -2.41. The molecule has 1 saturated carbocycles. The lowest BCUT2D eigenvalue weighted by molar-refractivity contribution is 0.244. The normalized spacial score (nSPS) is 15.5. The van der Waals surface area contributed by atoms with Gasteiger partial charge in [-0.15, -0.1) is 0 Å². The molecule has 0 spiro atoms. The summed E-state index contributed by atoms with van der Waals surface area (Å²) in [6, 6.07) is 19.0. The summed E-state index contributed by atoms with van der Waals surface area (Å²) in [5.41, 5.74) is 3.05. The number of aryl methyl sites for hydroxylation is 1. The van der Waals surface area contributed by atoms with E-state index in [9.17, 15) is 8.42 Å². The molecule has 0 unspecified atom stereocenters. The number of nitrogens with zero attached hydrogens (tertiary/aromatic N) is 2. The number of halogens is 1. The molecular weight excluding hydrogens is 428 g/mol. The fraction of sp³-hybridized carbons (Fsp3) is 0.360. The molecule has 1 aliphatic rings. The van der Waals surface area contributed by atoms with E-state index in [4.69, 9.17) is 11.6 Å². The van der Waals surface area contributed by atoms with E-state index in [0.717, 1.165) is 47.5 Å². The van der Waals surface area contributed by atoms with Crippen molar-refractivity contribution in [1.82, 2.24) is 8.87 Å². The topological polar surface area (TPSA) is 42.3 Å². The van der Waals surface area contributed by atoms with Gasteiger partial charge in [-0.05, 0) is 55.7 Å². The van der Waals surface area contributed by atoms with E-state index in [-0.39, 0.29) is 6.04 Å². The first kappa shape index (κ1) is 22.1. The summed E-state index contributed by atoms with van der Waals surface area (Å²) in [5, 5.41) is 0.721. The van der Waals surface area contributed by atoms with Crippen molar-refractivity contribution in [2.45, 2.75) is 63.1 Å². The Bertz CT molecular complexity index is 1120. The Kier molecular flexibility index (Phi) is 6.85. The maximum Gasteiger partial charge on any atom is 0.243 e. The Morgan fingerprint density at radius 1 is 0.968 bits per heavy atom. The van der Waals surface area contributed by atoms with Gasteiger partial charge in [0.1, 0.15) is 0 Å². The highest BCUT2D eigenvalue weighted by Gasteiger charge is 2.33. The third-order valence-electron chi connectivity index (χ3n) is 6.15. The highest BCUT2D eigenvalue weighted by atomic mass is 35.5. The molecule has 0 aliphatic heterocycles. The fourth-order valence-electron chi connectivity index (χ4n) is 4.34. The van der Waals surface area contributed by atoms with Crippen LogP contribution in [-0.4, -0.2) is 23.3 Å². The zero-order chi connectivity index (χ0) is 21.8. The predicted molar refractivity (Wildman–Crippen MR) is 126 cm³/mol. The van der Waals surface area contributed by atoms with Crippen molar-refractivity contribution in [3.05, 3.63) is 88.7 Å². The molecule has 0 N–H and O–H groups in total. The smallest absolute Gasteiger partial charge is 0.243 e. The van der Waals surface area contributed by atoms with Gasteiger partial charge < -0.3 is 4.57 Å². The highest BCUT2D eigenvalue weighted by molar-refractivity contribution is 7.89. The summed E-state index contributed by atoms with van der Waals surface area (Å²) >= 11 is 6.37. The summed E-state index contributed by atoms with van der Waals surface area (Å²) in [4.78, 5) is 0.368. The molecule has 3 aromatic rings. The van der Waals surface area contributed by atoms with Crippen LogP contribution in [0.25, 0.3) is 0 Å². The molecule has 0 radical (unpaired) electrons. The van der Waals surface area contributed by atoms with Gasteiger partial charge in [0.2, 0.25) is 10.0 Å². The molecule has 0 amide bonds. The van der Waals surface area contributed by atoms with Crippen molar-refractivity contribution < 1.29 is 8.42 Å². The SMILES string of the molecule is Cc1ccc(S(=O)(=O)N(Cc2cccn2Cc2ccccc2Cl)C2CCCCC2)cc1. The van der Waals surface area contributed by atoms with Crippen molar-refractivity contribution in [2.24, 2.45) is 0 Å². The van der Waals surface area contributed by atoms with E-state index in [1.54, 1.807) is 16.4 Å². The summed E-state index contributed by atoms with van der Waals surface area (Å²) < 4.78 is 31.2. The van der Waals surface area contributed by atoms with Crippen LogP contribution in [0.2, 0.25) is 5.02 Å². The second-order valence-corrected chi connectivity index (χ2v) is 10.7. The van der Waals surface area contributed by atoms with Crippen LogP contribution < -0.4 is 0 Å². The van der Waals surface area contributed by atoms with Crippen molar-refractivity contribution in [2.75, 3.05) is 0 Å². The van der Waals surface area contributed by atoms with Gasteiger partial charge in [-0.2, -0.15) is 4.31 Å². The van der Waals surface area contributed by atoms with E-state index >= 15 is 0 Å². The third-order valence-corrected chi connectivity index (χ3v) is 8.43. The van der Waals surface area contributed by atoms with Gasteiger partial charge in [0.05, 0.1) is 11.4 Å². The number of aromatic nitrogens is 1. The number of rotatable bonds is 7. The van der Waals surface area contributed by atoms with Crippen molar-refractivity contribution in [1.29, 1.82) is 0 Å². The minimum atomic E-state index is -3.60. The maximum atomic E-state index is 13.7. The van der Waals surface area contributed by atoms with Crippen LogP contribution in [-0.2, 0) is 23.1 Å². The minimum Gasteiger partial charge on any atom is -0.346 e. The fourth-order valence-corrected chi connectivity index (χ4v) is 6.19. The Morgan fingerprint density at radius 3 is 2.39 bits per heavy atom. The number of sulfonamides is 1. The van der Waals surface area contributed by atoms with Gasteiger partial charge in [-0.3, -0.25) is 0 Å². The zero-order valence-corrected chi connectivity index (χ0v) is 19.4. The molecular formula is C25H29ClN2O2S. The molecule has 1 fully saturated rings. The van der Waals surface area contributed by atoms with Crippen LogP contribution in [0.3, 0.4) is 0 Å². The Morgan fingerprint density at radius 2 is 1.68 bits per heavy atom. The predicted octanol–water partition coefficient (Wildman–Crippen LogP) is 6.02. The van der Waals surface area contributed by atoms with Crippen LogP contribution in [0.4, 0.5) is 0 Å². The Balaban J connectivity index is 1.65. The van der Waals surface area contributed by atoms with E-state index < -0.39 is 10.0 Å². The highest BCUT2D eigenvalue weighted by Crippen LogP contribution is 2.30. The Hall–Kier alpha value is -2.08. The van der Waals surface area contributed by atoms with Crippen molar-refractivity contribution in [3.63, 3.8) is 0 Å². The lowest BCUT2D eigenvalue weighted by atomic mass is 9.95. The average molecular weight is 457 g/mol. The molecule has 1 heterocycles. The van der Waals surface area contributed by atoms with Gasteiger partial charge in [-0.1, -0.05) is 66.8 Å². The molecule has 0 saturated heterocycles. The van der Waals surface area contributed by atoms with Crippen LogP contribution in [0.1, 0.15) is 48.9 Å². The second kappa shape index (κ2) is 9.60. The average Bonchev–Trinajstić information content (AvgIpc) is 3.21. The number of hydrogen-bond donors (Lipinski definition) is 0. The Labute approximate surface area is 190 Å². The summed E-state index contributed by atoms with van der Waals surface area (Å²) in [6.07, 6.45) is 7.15. The number of benzene rings is 2. The second-order valence-electron chi connectivity index (χ2n) is 8.37. The van der Waals surface area contributed by atoms with Gasteiger partial charge >= 0.3 is 0 Å². The van der Waals surface area contributed by atoms with Crippen molar-refractivity contribution >= 4 is 21.6 Å². The van der Waals surface area contributed by atoms with Gasteiger partial charge in [0, 0.05) is 29.5 Å². The molecule has 164 valence electrons. The molecule has 4 nitrogen and oxygen atoms in total. The van der Waals surface area contributed by atoms with Gasteiger partial charge in [0.15, 0.2) is 0 Å². The summed E-state index contributed by atoms with van der Waals surface area (Å²) in [7, 11) is -3.60. The number of hydrogen-bond acceptors (Lipinski definition) is 2. The van der Waals surface area contributed by atoms with Crippen LogP contribution in [0, 0.1) is 6.92 Å². The summed E-state index contributed by atoms with van der Waals surface area (Å²) in [5.74, 6) is 0. The molecule has 0 atom stereocenters. The lowest BCUT2D eigenvalue weighted by Gasteiger charge is -2.33. The van der Waals surface area contributed by atoms with E-state index in [0.29, 0.717) is 18.0 Å². The van der Waals surface area contributed by atoms with Crippen LogP contribution in [0.15, 0.2) is 71.8 Å².